The smallest absolute Gasteiger partial charge is 0.0942 e. The van der Waals surface area contributed by atoms with Crippen molar-refractivity contribution >= 4 is 22.7 Å². The second-order valence-corrected chi connectivity index (χ2v) is 5.32. The van der Waals surface area contributed by atoms with Crippen molar-refractivity contribution in [1.29, 1.82) is 0 Å². The second kappa shape index (κ2) is 6.99. The average Bonchev–Trinajstić information content (AvgIpc) is 2.73. The normalized spacial score (nSPS) is 13.9. The van der Waals surface area contributed by atoms with E-state index < -0.39 is 0 Å². The summed E-state index contributed by atoms with van der Waals surface area (Å²) < 4.78 is 0. The zero-order valence-corrected chi connectivity index (χ0v) is 14.2. The van der Waals surface area contributed by atoms with Gasteiger partial charge in [0.05, 0.1) is 6.67 Å². The van der Waals surface area contributed by atoms with Gasteiger partial charge in [-0.25, -0.2) is 0 Å². The van der Waals surface area contributed by atoms with Gasteiger partial charge in [0.1, 0.15) is 0 Å². The Labute approximate surface area is 127 Å². The van der Waals surface area contributed by atoms with E-state index in [1.807, 2.05) is 0 Å². The predicted octanol–water partition coefficient (Wildman–Crippen LogP) is 4.54. The molecule has 0 saturated heterocycles. The van der Waals surface area contributed by atoms with Crippen molar-refractivity contribution in [3.8, 4) is 0 Å². The lowest BCUT2D eigenvalue weighted by molar-refractivity contribution is 0.396. The van der Waals surface area contributed by atoms with Gasteiger partial charge in [-0.15, -0.1) is 17.0 Å². The van der Waals surface area contributed by atoms with E-state index in [1.165, 1.54) is 35.2 Å². The van der Waals surface area contributed by atoms with Crippen LogP contribution in [0.25, 0.3) is 0 Å². The van der Waals surface area contributed by atoms with Crippen LogP contribution in [0.2, 0.25) is 0 Å². The summed E-state index contributed by atoms with van der Waals surface area (Å²) in [6, 6.07) is 4.54. The van der Waals surface area contributed by atoms with E-state index in [2.05, 4.69) is 62.0 Å². The molecule has 106 valence electrons. The minimum absolute atomic E-state index is 0. The quantitative estimate of drug-likeness (QED) is 0.802. The van der Waals surface area contributed by atoms with Gasteiger partial charge in [0.2, 0.25) is 0 Å². The van der Waals surface area contributed by atoms with E-state index in [-0.39, 0.29) is 17.0 Å². The van der Waals surface area contributed by atoms with Crippen LogP contribution in [0.15, 0.2) is 24.5 Å². The Kier molecular flexibility index (Phi) is 5.92. The molecule has 0 fully saturated rings. The van der Waals surface area contributed by atoms with Crippen molar-refractivity contribution in [2.24, 2.45) is 0 Å². The Balaban J connectivity index is 0.00000180. The fourth-order valence-electron chi connectivity index (χ4n) is 2.74. The first-order valence-corrected chi connectivity index (χ1v) is 6.88. The van der Waals surface area contributed by atoms with Crippen LogP contribution in [0.3, 0.4) is 0 Å². The number of hydrogen-bond donors (Lipinski definition) is 0. The SMILES string of the molecule is Br.CCCCN1C=CN(c2c(C)cc(C)cc2C)C1. The Morgan fingerprint density at radius 2 is 1.68 bits per heavy atom. The number of aryl methyl sites for hydroxylation is 3. The van der Waals surface area contributed by atoms with E-state index in [9.17, 15) is 0 Å². The third kappa shape index (κ3) is 3.75. The second-order valence-electron chi connectivity index (χ2n) is 5.32. The van der Waals surface area contributed by atoms with Gasteiger partial charge < -0.3 is 9.80 Å². The van der Waals surface area contributed by atoms with E-state index in [0.717, 1.165) is 13.2 Å². The maximum absolute atomic E-state index is 2.39. The Bertz CT molecular complexity index is 431. The number of rotatable bonds is 4. The number of nitrogens with zero attached hydrogens (tertiary/aromatic N) is 2. The van der Waals surface area contributed by atoms with Crippen molar-refractivity contribution in [2.45, 2.75) is 40.5 Å². The molecule has 1 aromatic rings. The zero-order valence-electron chi connectivity index (χ0n) is 12.4. The summed E-state index contributed by atoms with van der Waals surface area (Å²) in [4.78, 5) is 4.75. The van der Waals surface area contributed by atoms with Crippen molar-refractivity contribution in [3.05, 3.63) is 41.2 Å². The lowest BCUT2D eigenvalue weighted by Crippen LogP contribution is -2.26. The van der Waals surface area contributed by atoms with E-state index in [1.54, 1.807) is 0 Å². The van der Waals surface area contributed by atoms with Gasteiger partial charge in [-0.05, 0) is 38.3 Å². The molecule has 0 N–H and O–H groups in total. The van der Waals surface area contributed by atoms with E-state index >= 15 is 0 Å². The fraction of sp³-hybridized carbons (Fsp3) is 0.500. The summed E-state index contributed by atoms with van der Waals surface area (Å²) in [5.41, 5.74) is 5.46. The van der Waals surface area contributed by atoms with Crippen LogP contribution in [0.4, 0.5) is 5.69 Å². The lowest BCUT2D eigenvalue weighted by Gasteiger charge is -2.24. The molecule has 0 saturated carbocycles. The molecule has 0 bridgehead atoms. The van der Waals surface area contributed by atoms with Crippen molar-refractivity contribution < 1.29 is 0 Å². The summed E-state index contributed by atoms with van der Waals surface area (Å²) in [7, 11) is 0. The maximum Gasteiger partial charge on any atom is 0.0942 e. The van der Waals surface area contributed by atoms with Crippen molar-refractivity contribution in [2.75, 3.05) is 18.1 Å². The monoisotopic (exact) mass is 324 g/mol. The molecule has 1 aromatic carbocycles. The third-order valence-corrected chi connectivity index (χ3v) is 3.51. The molecule has 2 nitrogen and oxygen atoms in total. The minimum atomic E-state index is 0. The number of benzene rings is 1. The summed E-state index contributed by atoms with van der Waals surface area (Å²) in [6.45, 7) is 11.0. The standard InChI is InChI=1S/C16H24N2.BrH/c1-5-6-7-17-8-9-18(12-17)16-14(3)10-13(2)11-15(16)4;/h8-11H,5-7,12H2,1-4H3;1H. The van der Waals surface area contributed by atoms with E-state index in [4.69, 9.17) is 0 Å². The number of unbranched alkanes of at least 4 members (excludes halogenated alkanes) is 1. The highest BCUT2D eigenvalue weighted by molar-refractivity contribution is 8.93. The van der Waals surface area contributed by atoms with Gasteiger partial charge in [-0.3, -0.25) is 0 Å². The zero-order chi connectivity index (χ0) is 13.1. The van der Waals surface area contributed by atoms with Gasteiger partial charge in [-0.1, -0.05) is 31.0 Å². The molecular weight excluding hydrogens is 300 g/mol. The molecule has 1 aliphatic rings. The first-order valence-electron chi connectivity index (χ1n) is 6.88. The van der Waals surface area contributed by atoms with Crippen LogP contribution in [-0.4, -0.2) is 18.1 Å². The summed E-state index contributed by atoms with van der Waals surface area (Å²) in [5, 5.41) is 0. The first kappa shape index (κ1) is 16.1. The van der Waals surface area contributed by atoms with Gasteiger partial charge in [0.15, 0.2) is 0 Å². The van der Waals surface area contributed by atoms with Crippen LogP contribution in [-0.2, 0) is 0 Å². The van der Waals surface area contributed by atoms with Crippen LogP contribution < -0.4 is 4.90 Å². The summed E-state index contributed by atoms with van der Waals surface area (Å²) in [5.74, 6) is 0. The van der Waals surface area contributed by atoms with Crippen molar-refractivity contribution in [3.63, 3.8) is 0 Å². The topological polar surface area (TPSA) is 6.48 Å². The summed E-state index contributed by atoms with van der Waals surface area (Å²) in [6.07, 6.45) is 6.95. The highest BCUT2D eigenvalue weighted by Crippen LogP contribution is 2.28. The lowest BCUT2D eigenvalue weighted by atomic mass is 10.0. The van der Waals surface area contributed by atoms with Crippen LogP contribution in [0.1, 0.15) is 36.5 Å². The molecule has 0 aliphatic carbocycles. The summed E-state index contributed by atoms with van der Waals surface area (Å²) >= 11 is 0. The fourth-order valence-corrected chi connectivity index (χ4v) is 2.74. The minimum Gasteiger partial charge on any atom is -0.358 e. The van der Waals surface area contributed by atoms with Gasteiger partial charge >= 0.3 is 0 Å². The molecule has 0 unspecified atom stereocenters. The number of halogens is 1. The number of hydrogen-bond acceptors (Lipinski definition) is 2. The average molecular weight is 325 g/mol. The van der Waals surface area contributed by atoms with E-state index in [0.29, 0.717) is 0 Å². The molecule has 0 aromatic heterocycles. The van der Waals surface area contributed by atoms with Crippen LogP contribution in [0.5, 0.6) is 0 Å². The molecular formula is C16H25BrN2. The van der Waals surface area contributed by atoms with Crippen LogP contribution in [0, 0.1) is 20.8 Å². The molecule has 2 rings (SSSR count). The highest BCUT2D eigenvalue weighted by Gasteiger charge is 2.16. The third-order valence-electron chi connectivity index (χ3n) is 3.51. The molecule has 0 radical (unpaired) electrons. The van der Waals surface area contributed by atoms with Gasteiger partial charge in [0.25, 0.3) is 0 Å². The molecule has 0 amide bonds. The van der Waals surface area contributed by atoms with Crippen LogP contribution >= 0.6 is 17.0 Å². The molecule has 1 aliphatic heterocycles. The highest BCUT2D eigenvalue weighted by atomic mass is 79.9. The molecule has 0 spiro atoms. The first-order chi connectivity index (χ1) is 8.61. The molecule has 19 heavy (non-hydrogen) atoms. The predicted molar refractivity (Wildman–Crippen MR) is 89.1 cm³/mol. The molecule has 1 heterocycles. The largest absolute Gasteiger partial charge is 0.358 e. The Morgan fingerprint density at radius 1 is 1.05 bits per heavy atom. The Hall–Kier alpha value is -0.960. The molecule has 3 heteroatoms. The van der Waals surface area contributed by atoms with Crippen molar-refractivity contribution in [1.82, 2.24) is 4.90 Å². The number of anilines is 1. The Morgan fingerprint density at radius 3 is 2.26 bits per heavy atom. The van der Waals surface area contributed by atoms with Gasteiger partial charge in [-0.2, -0.15) is 0 Å². The van der Waals surface area contributed by atoms with Gasteiger partial charge in [0, 0.05) is 24.6 Å². The molecule has 0 atom stereocenters. The maximum atomic E-state index is 2.39.